The van der Waals surface area contributed by atoms with Crippen LogP contribution in [0.4, 0.5) is 18.9 Å². The molecule has 0 bridgehead atoms. The summed E-state index contributed by atoms with van der Waals surface area (Å²) in [6.45, 7) is 0.587. The lowest BCUT2D eigenvalue weighted by molar-refractivity contribution is -0.0435. The lowest BCUT2D eigenvalue weighted by Gasteiger charge is -2.10. The molecule has 0 spiro atoms. The third-order valence-electron chi connectivity index (χ3n) is 2.41. The Morgan fingerprint density at radius 1 is 1.18 bits per heavy atom. The first-order valence-electron chi connectivity index (χ1n) is 5.52. The van der Waals surface area contributed by atoms with E-state index in [1.165, 1.54) is 11.8 Å². The Kier molecular flexibility index (Phi) is 5.05. The summed E-state index contributed by atoms with van der Waals surface area (Å²) in [5.41, 5.74) is -5.57. The van der Waals surface area contributed by atoms with Gasteiger partial charge in [0, 0.05) is 5.75 Å². The molecule has 0 radical (unpaired) electrons. The fourth-order valence-electron chi connectivity index (χ4n) is 1.40. The first-order chi connectivity index (χ1) is 10.1. The van der Waals surface area contributed by atoms with E-state index >= 15 is 0 Å². The predicted octanol–water partition coefficient (Wildman–Crippen LogP) is 4.47. The molecule has 1 heterocycles. The quantitative estimate of drug-likeness (QED) is 0.697. The second-order valence-electron chi connectivity index (χ2n) is 3.90. The minimum absolute atomic E-state index is 0.125. The Labute approximate surface area is 137 Å². The molecule has 0 unspecified atom stereocenters. The highest BCUT2D eigenvalue weighted by molar-refractivity contribution is 8.14. The van der Waals surface area contributed by atoms with Crippen LogP contribution in [-0.2, 0) is 9.84 Å². The Morgan fingerprint density at radius 2 is 1.77 bits per heavy atom. The molecule has 0 saturated carbocycles. The van der Waals surface area contributed by atoms with E-state index in [2.05, 4.69) is 15.2 Å². The summed E-state index contributed by atoms with van der Waals surface area (Å²) in [5, 5.41) is 7.13. The monoisotopic (exact) mass is 391 g/mol. The Bertz CT molecular complexity index is 740. The third kappa shape index (κ3) is 3.55. The Morgan fingerprint density at radius 3 is 2.23 bits per heavy atom. The molecule has 0 N–H and O–H groups in total. The fourth-order valence-corrected chi connectivity index (χ4v) is 3.56. The molecule has 0 aliphatic carbocycles. The highest BCUT2D eigenvalue weighted by atomic mass is 35.5. The molecule has 1 aromatic carbocycles. The van der Waals surface area contributed by atoms with Crippen molar-refractivity contribution in [3.63, 3.8) is 0 Å². The van der Waals surface area contributed by atoms with Crippen molar-refractivity contribution in [2.75, 3.05) is 12.3 Å². The number of alkyl halides is 3. The highest BCUT2D eigenvalue weighted by Gasteiger charge is 2.47. The van der Waals surface area contributed by atoms with Crippen molar-refractivity contribution < 1.29 is 21.6 Å². The maximum absolute atomic E-state index is 12.5. The van der Waals surface area contributed by atoms with Crippen LogP contribution in [0.1, 0.15) is 0 Å². The molecule has 2 rings (SSSR count). The van der Waals surface area contributed by atoms with Gasteiger partial charge in [0.25, 0.3) is 9.84 Å². The molecular weight excluding hydrogens is 386 g/mol. The number of hydrogen-bond acceptors (Lipinski definition) is 6. The van der Waals surface area contributed by atoms with E-state index in [9.17, 15) is 21.6 Å². The number of amidine groups is 1. The largest absolute Gasteiger partial charge is 0.501 e. The van der Waals surface area contributed by atoms with Crippen LogP contribution in [0.2, 0.25) is 10.0 Å². The normalized spacial score (nSPS) is 16.3. The minimum atomic E-state index is -5.54. The number of azo groups is 1. The lowest BCUT2D eigenvalue weighted by atomic mass is 10.3. The SMILES string of the molecule is O=S(=O)(c1cc(Cl)c(/N=N/C2=NCCS2)c(Cl)c1)C(F)(F)F. The zero-order chi connectivity index (χ0) is 16.5. The van der Waals surface area contributed by atoms with Crippen LogP contribution >= 0.6 is 35.0 Å². The summed E-state index contributed by atoms with van der Waals surface area (Å²) in [6.07, 6.45) is 0. The van der Waals surface area contributed by atoms with E-state index in [1.807, 2.05) is 0 Å². The summed E-state index contributed by atoms with van der Waals surface area (Å²) < 4.78 is 60.1. The van der Waals surface area contributed by atoms with Gasteiger partial charge in [0.2, 0.25) is 5.17 Å². The molecule has 0 aromatic heterocycles. The van der Waals surface area contributed by atoms with Crippen LogP contribution in [0.5, 0.6) is 0 Å². The van der Waals surface area contributed by atoms with Crippen LogP contribution < -0.4 is 0 Å². The summed E-state index contributed by atoms with van der Waals surface area (Å²) in [6, 6.07) is 1.27. The van der Waals surface area contributed by atoms with Crippen molar-refractivity contribution >= 4 is 55.7 Å². The second kappa shape index (κ2) is 6.34. The van der Waals surface area contributed by atoms with Gasteiger partial charge in [-0.1, -0.05) is 35.0 Å². The Hall–Kier alpha value is -0.840. The van der Waals surface area contributed by atoms with E-state index < -0.39 is 20.2 Å². The molecular formula is C10H6Cl2F3N3O2S2. The number of hydrogen-bond donors (Lipinski definition) is 0. The molecule has 1 aliphatic heterocycles. The maximum Gasteiger partial charge on any atom is 0.501 e. The zero-order valence-electron chi connectivity index (χ0n) is 10.4. The number of aliphatic imine (C=N–C) groups is 1. The van der Waals surface area contributed by atoms with Gasteiger partial charge in [-0.25, -0.2) is 8.42 Å². The third-order valence-corrected chi connectivity index (χ3v) is 5.31. The van der Waals surface area contributed by atoms with Crippen molar-refractivity contribution in [3.05, 3.63) is 22.2 Å². The standard InChI is InChI=1S/C10H6Cl2F3N3O2S2/c11-6-3-5(22(19,20)10(13,14)15)4-7(12)8(6)17-18-9-16-1-2-21-9/h3-4H,1-2H2/b18-17+. The number of benzene rings is 1. The number of halogens is 5. The summed E-state index contributed by atoms with van der Waals surface area (Å²) >= 11 is 12.9. The van der Waals surface area contributed by atoms with Crippen molar-refractivity contribution in [3.8, 4) is 0 Å². The molecule has 0 amide bonds. The highest BCUT2D eigenvalue weighted by Crippen LogP contribution is 2.39. The smallest absolute Gasteiger partial charge is 0.258 e. The van der Waals surface area contributed by atoms with Gasteiger partial charge in [0.1, 0.15) is 5.69 Å². The van der Waals surface area contributed by atoms with Gasteiger partial charge in [-0.15, -0.1) is 10.2 Å². The first kappa shape index (κ1) is 17.5. The van der Waals surface area contributed by atoms with Gasteiger partial charge in [0.15, 0.2) is 0 Å². The molecule has 0 atom stereocenters. The van der Waals surface area contributed by atoms with Crippen molar-refractivity contribution in [1.29, 1.82) is 0 Å². The molecule has 0 saturated heterocycles. The molecule has 1 aromatic rings. The lowest BCUT2D eigenvalue weighted by Crippen LogP contribution is -2.23. The van der Waals surface area contributed by atoms with Crippen molar-refractivity contribution in [1.82, 2.24) is 0 Å². The average molecular weight is 392 g/mol. The van der Waals surface area contributed by atoms with Gasteiger partial charge < -0.3 is 0 Å². The van der Waals surface area contributed by atoms with Gasteiger partial charge in [-0.2, -0.15) is 13.2 Å². The number of thioether (sulfide) groups is 1. The van der Waals surface area contributed by atoms with E-state index in [4.69, 9.17) is 23.2 Å². The van der Waals surface area contributed by atoms with Crippen LogP contribution in [-0.4, -0.2) is 31.4 Å². The van der Waals surface area contributed by atoms with Gasteiger partial charge in [-0.3, -0.25) is 4.99 Å². The van der Waals surface area contributed by atoms with Crippen LogP contribution in [0.25, 0.3) is 0 Å². The number of rotatable bonds is 2. The number of nitrogens with zero attached hydrogens (tertiary/aromatic N) is 3. The van der Waals surface area contributed by atoms with Crippen LogP contribution in [0.15, 0.2) is 32.2 Å². The molecule has 1 aliphatic rings. The average Bonchev–Trinajstić information content (AvgIpc) is 2.89. The number of sulfone groups is 1. The van der Waals surface area contributed by atoms with E-state index in [0.29, 0.717) is 23.8 Å². The van der Waals surface area contributed by atoms with Gasteiger partial charge in [-0.05, 0) is 12.1 Å². The van der Waals surface area contributed by atoms with Gasteiger partial charge >= 0.3 is 5.51 Å². The Balaban J connectivity index is 2.41. The van der Waals surface area contributed by atoms with Gasteiger partial charge in [0.05, 0.1) is 21.5 Å². The summed E-state index contributed by atoms with van der Waals surface area (Å²) in [4.78, 5) is 2.93. The molecule has 12 heteroatoms. The van der Waals surface area contributed by atoms with Crippen LogP contribution in [0, 0.1) is 0 Å². The molecule has 22 heavy (non-hydrogen) atoms. The van der Waals surface area contributed by atoms with E-state index in [1.54, 1.807) is 0 Å². The summed E-state index contributed by atoms with van der Waals surface area (Å²) in [5.74, 6) is 0.749. The first-order valence-corrected chi connectivity index (χ1v) is 8.75. The molecule has 120 valence electrons. The fraction of sp³-hybridized carbons (Fsp3) is 0.300. The van der Waals surface area contributed by atoms with E-state index in [0.717, 1.165) is 5.75 Å². The predicted molar refractivity (Wildman–Crippen MR) is 79.0 cm³/mol. The van der Waals surface area contributed by atoms with Crippen molar-refractivity contribution in [2.45, 2.75) is 10.4 Å². The zero-order valence-corrected chi connectivity index (χ0v) is 13.6. The van der Waals surface area contributed by atoms with E-state index in [-0.39, 0.29) is 15.7 Å². The molecule has 5 nitrogen and oxygen atoms in total. The maximum atomic E-state index is 12.5. The second-order valence-corrected chi connectivity index (χ2v) is 7.72. The summed E-state index contributed by atoms with van der Waals surface area (Å²) in [7, 11) is -5.54. The topological polar surface area (TPSA) is 71.2 Å². The van der Waals surface area contributed by atoms with Crippen molar-refractivity contribution in [2.24, 2.45) is 15.2 Å². The minimum Gasteiger partial charge on any atom is -0.258 e. The molecule has 0 fully saturated rings. The van der Waals surface area contributed by atoms with Crippen LogP contribution in [0.3, 0.4) is 0 Å².